The van der Waals surface area contributed by atoms with E-state index in [0.29, 0.717) is 31.2 Å². The first-order valence-electron chi connectivity index (χ1n) is 13.9. The van der Waals surface area contributed by atoms with Crippen molar-refractivity contribution in [2.45, 2.75) is 44.7 Å². The number of aromatic amines is 1. The Morgan fingerprint density at radius 2 is 1.98 bits per heavy atom. The summed E-state index contributed by atoms with van der Waals surface area (Å²) in [5.74, 6) is 1.12. The Bertz CT molecular complexity index is 1540. The highest BCUT2D eigenvalue weighted by Crippen LogP contribution is 2.49. The average Bonchev–Trinajstić information content (AvgIpc) is 3.63. The fourth-order valence-electron chi connectivity index (χ4n) is 6.25. The van der Waals surface area contributed by atoms with E-state index in [1.807, 2.05) is 54.1 Å². The van der Waals surface area contributed by atoms with Gasteiger partial charge in [-0.05, 0) is 49.1 Å². The molecule has 0 spiro atoms. The molecule has 4 aromatic rings. The van der Waals surface area contributed by atoms with Crippen molar-refractivity contribution in [1.29, 1.82) is 0 Å². The Hall–Kier alpha value is -4.27. The number of piperazine rings is 1. The van der Waals surface area contributed by atoms with Gasteiger partial charge in [0.1, 0.15) is 0 Å². The van der Waals surface area contributed by atoms with E-state index in [-0.39, 0.29) is 24.3 Å². The van der Waals surface area contributed by atoms with Gasteiger partial charge >= 0.3 is 0 Å². The number of nitrogens with zero attached hydrogens (tertiary/aromatic N) is 4. The number of amides is 2. The Morgan fingerprint density at radius 1 is 1.12 bits per heavy atom. The van der Waals surface area contributed by atoms with Gasteiger partial charge in [-0.2, -0.15) is 0 Å². The Labute approximate surface area is 233 Å². The van der Waals surface area contributed by atoms with E-state index < -0.39 is 5.54 Å². The van der Waals surface area contributed by atoms with Crippen LogP contribution in [-0.2, 0) is 21.7 Å². The molecule has 2 aromatic carbocycles. The van der Waals surface area contributed by atoms with Crippen LogP contribution in [0.2, 0.25) is 0 Å². The number of aromatic nitrogens is 3. The summed E-state index contributed by atoms with van der Waals surface area (Å²) in [6.07, 6.45) is 7.05. The Balaban J connectivity index is 1.40. The number of rotatable bonds is 9. The van der Waals surface area contributed by atoms with Gasteiger partial charge in [-0.3, -0.25) is 9.59 Å². The largest absolute Gasteiger partial charge is 0.493 e. The molecule has 2 aliphatic rings. The third-order valence-corrected chi connectivity index (χ3v) is 8.27. The van der Waals surface area contributed by atoms with Crippen molar-refractivity contribution in [2.24, 2.45) is 0 Å². The predicted molar refractivity (Wildman–Crippen MR) is 151 cm³/mol. The molecule has 0 saturated carbocycles. The molecule has 9 nitrogen and oxygen atoms in total. The molecule has 0 aliphatic carbocycles. The maximum Gasteiger partial charge on any atom is 0.254 e. The van der Waals surface area contributed by atoms with Gasteiger partial charge in [0.2, 0.25) is 5.91 Å². The van der Waals surface area contributed by atoms with Crippen LogP contribution in [0.5, 0.6) is 11.5 Å². The van der Waals surface area contributed by atoms with Crippen LogP contribution in [0.15, 0.2) is 61.2 Å². The zero-order chi connectivity index (χ0) is 27.9. The van der Waals surface area contributed by atoms with E-state index in [0.717, 1.165) is 47.1 Å². The van der Waals surface area contributed by atoms with E-state index in [1.54, 1.807) is 29.4 Å². The normalized spacial score (nSPS) is 20.5. The molecule has 2 aliphatic heterocycles. The number of ether oxygens (including phenoxy) is 2. The number of para-hydroxylation sites is 1. The second-order valence-corrected chi connectivity index (χ2v) is 10.7. The number of H-pyrrole nitrogens is 1. The first-order valence-corrected chi connectivity index (χ1v) is 13.9. The molecule has 2 unspecified atom stereocenters. The molecule has 0 radical (unpaired) electrons. The lowest BCUT2D eigenvalue weighted by molar-refractivity contribution is -0.166. The van der Waals surface area contributed by atoms with Crippen LogP contribution in [0, 0.1) is 0 Å². The highest BCUT2D eigenvalue weighted by Gasteiger charge is 2.56. The third kappa shape index (κ3) is 4.20. The number of nitrogens with one attached hydrogen (secondary N) is 1. The van der Waals surface area contributed by atoms with Crippen molar-refractivity contribution in [3.63, 3.8) is 0 Å². The van der Waals surface area contributed by atoms with Gasteiger partial charge in [-0.25, -0.2) is 4.98 Å². The summed E-state index contributed by atoms with van der Waals surface area (Å²) < 4.78 is 13.6. The first-order chi connectivity index (χ1) is 19.5. The van der Waals surface area contributed by atoms with Crippen LogP contribution in [0.1, 0.15) is 49.4 Å². The SMILES string of the molecule is CCCOc1ccc(C2CN3C(=O)CN(CCCn4ccnc4)C(=O)C3(C)c3[nH]c4ccccc4c32)cc1OC. The lowest BCUT2D eigenvalue weighted by atomic mass is 9.76. The molecule has 1 N–H and O–H groups in total. The van der Waals surface area contributed by atoms with E-state index in [9.17, 15) is 9.59 Å². The van der Waals surface area contributed by atoms with Gasteiger partial charge in [0.05, 0.1) is 32.3 Å². The lowest BCUT2D eigenvalue weighted by Crippen LogP contribution is -2.67. The van der Waals surface area contributed by atoms with Crippen LogP contribution in [0.3, 0.4) is 0 Å². The Morgan fingerprint density at radius 3 is 2.75 bits per heavy atom. The van der Waals surface area contributed by atoms with Gasteiger partial charge < -0.3 is 28.8 Å². The number of hydrogen-bond donors (Lipinski definition) is 1. The number of methoxy groups -OCH3 is 1. The third-order valence-electron chi connectivity index (χ3n) is 8.27. The fraction of sp³-hybridized carbons (Fsp3) is 0.387. The molecule has 2 atom stereocenters. The van der Waals surface area contributed by atoms with Gasteiger partial charge in [0, 0.05) is 48.8 Å². The van der Waals surface area contributed by atoms with Gasteiger partial charge in [0.25, 0.3) is 5.91 Å². The molecule has 0 bridgehead atoms. The molecule has 6 rings (SSSR count). The number of benzene rings is 2. The molecule has 9 heteroatoms. The van der Waals surface area contributed by atoms with Crippen molar-refractivity contribution in [1.82, 2.24) is 24.3 Å². The summed E-state index contributed by atoms with van der Waals surface area (Å²) in [6.45, 7) is 6.27. The monoisotopic (exact) mass is 541 g/mol. The van der Waals surface area contributed by atoms with Crippen molar-refractivity contribution in [3.05, 3.63) is 78.0 Å². The zero-order valence-corrected chi connectivity index (χ0v) is 23.2. The summed E-state index contributed by atoms with van der Waals surface area (Å²) in [5, 5.41) is 1.06. The Kier molecular flexibility index (Phi) is 6.73. The summed E-state index contributed by atoms with van der Waals surface area (Å²) in [6, 6.07) is 14.1. The van der Waals surface area contributed by atoms with Crippen molar-refractivity contribution < 1.29 is 19.1 Å². The molecular weight excluding hydrogens is 506 g/mol. The number of carbonyl (C=O) groups excluding carboxylic acids is 2. The van der Waals surface area contributed by atoms with Crippen LogP contribution in [0.4, 0.5) is 0 Å². The van der Waals surface area contributed by atoms with Crippen molar-refractivity contribution >= 4 is 22.7 Å². The fourth-order valence-corrected chi connectivity index (χ4v) is 6.25. The van der Waals surface area contributed by atoms with Crippen LogP contribution >= 0.6 is 0 Å². The van der Waals surface area contributed by atoms with E-state index in [2.05, 4.69) is 23.0 Å². The molecule has 2 amide bonds. The minimum atomic E-state index is -1.12. The number of carbonyl (C=O) groups is 2. The first kappa shape index (κ1) is 26.0. The van der Waals surface area contributed by atoms with Gasteiger partial charge in [-0.1, -0.05) is 31.2 Å². The van der Waals surface area contributed by atoms with Gasteiger partial charge in [-0.15, -0.1) is 0 Å². The zero-order valence-electron chi connectivity index (χ0n) is 23.2. The second-order valence-electron chi connectivity index (χ2n) is 10.7. The molecular formula is C31H35N5O4. The topological polar surface area (TPSA) is 92.7 Å². The number of hydrogen-bond acceptors (Lipinski definition) is 5. The second kappa shape index (κ2) is 10.4. The number of fused-ring (bicyclic) bond motifs is 5. The van der Waals surface area contributed by atoms with E-state index >= 15 is 0 Å². The van der Waals surface area contributed by atoms with Crippen LogP contribution < -0.4 is 9.47 Å². The predicted octanol–water partition coefficient (Wildman–Crippen LogP) is 4.28. The maximum atomic E-state index is 14.2. The minimum absolute atomic E-state index is 0.0473. The summed E-state index contributed by atoms with van der Waals surface area (Å²) in [5.41, 5.74) is 2.68. The molecule has 4 heterocycles. The van der Waals surface area contributed by atoms with E-state index in [1.165, 1.54) is 0 Å². The standard InChI is InChI=1S/C31H35N5O4/c1-4-16-40-25-11-10-21(17-26(25)39-3)23-18-36-27(37)19-35(14-7-13-34-15-12-32-20-34)30(38)31(36,2)29-28(23)22-8-5-6-9-24(22)33-29/h5-6,8-12,15,17,20,23,33H,4,7,13-14,16,18-19H2,1-3H3. The van der Waals surface area contributed by atoms with Crippen LogP contribution in [-0.4, -0.2) is 69.5 Å². The summed E-state index contributed by atoms with van der Waals surface area (Å²) >= 11 is 0. The smallest absolute Gasteiger partial charge is 0.254 e. The number of imidazole rings is 1. The van der Waals surface area contributed by atoms with Gasteiger partial charge in [0.15, 0.2) is 17.0 Å². The summed E-state index contributed by atoms with van der Waals surface area (Å²) in [4.78, 5) is 39.1. The minimum Gasteiger partial charge on any atom is -0.493 e. The quantitative estimate of drug-likeness (QED) is 0.341. The molecule has 208 valence electrons. The van der Waals surface area contributed by atoms with Crippen molar-refractivity contribution in [3.8, 4) is 11.5 Å². The van der Waals surface area contributed by atoms with Crippen LogP contribution in [0.25, 0.3) is 10.9 Å². The average molecular weight is 542 g/mol. The maximum absolute atomic E-state index is 14.2. The molecule has 1 saturated heterocycles. The molecule has 40 heavy (non-hydrogen) atoms. The highest BCUT2D eigenvalue weighted by molar-refractivity contribution is 6.01. The van der Waals surface area contributed by atoms with E-state index in [4.69, 9.17) is 9.47 Å². The molecule has 1 fully saturated rings. The highest BCUT2D eigenvalue weighted by atomic mass is 16.5. The van der Waals surface area contributed by atoms with Crippen molar-refractivity contribution in [2.75, 3.05) is 33.4 Å². The lowest BCUT2D eigenvalue weighted by Gasteiger charge is -2.51. The molecule has 2 aromatic heterocycles. The summed E-state index contributed by atoms with van der Waals surface area (Å²) in [7, 11) is 1.64. The number of aryl methyl sites for hydroxylation is 1.